The van der Waals surface area contributed by atoms with E-state index in [9.17, 15) is 14.7 Å². The Hall–Kier alpha value is -2.08. The zero-order valence-electron chi connectivity index (χ0n) is 11.4. The Morgan fingerprint density at radius 3 is 2.86 bits per heavy atom. The average Bonchev–Trinajstić information content (AvgIpc) is 3.09. The van der Waals surface area contributed by atoms with Crippen LogP contribution in [0.2, 0.25) is 0 Å². The highest BCUT2D eigenvalue weighted by Crippen LogP contribution is 2.43. The first kappa shape index (κ1) is 12.6. The van der Waals surface area contributed by atoms with Gasteiger partial charge in [-0.2, -0.15) is 0 Å². The third-order valence-electron chi connectivity index (χ3n) is 4.49. The summed E-state index contributed by atoms with van der Waals surface area (Å²) in [5.41, 5.74) is 0.963. The summed E-state index contributed by atoms with van der Waals surface area (Å²) in [4.78, 5) is 26.6. The fraction of sp³-hybridized carbons (Fsp3) is 0.467. The third kappa shape index (κ3) is 1.90. The largest absolute Gasteiger partial charge is 0.478 e. The number of carbonyl (C=O) groups is 1. The van der Waals surface area contributed by atoms with Gasteiger partial charge in [-0.25, -0.2) is 9.59 Å². The molecule has 2 aliphatic rings. The molecule has 0 amide bonds. The average molecular weight is 288 g/mol. The van der Waals surface area contributed by atoms with Gasteiger partial charge in [-0.05, 0) is 37.3 Å². The Labute approximate surface area is 120 Å². The predicted octanol–water partition coefficient (Wildman–Crippen LogP) is 1.77. The second kappa shape index (κ2) is 4.46. The Morgan fingerprint density at radius 1 is 1.33 bits per heavy atom. The SMILES string of the molecule is O=C(O)c1cccc2[nH]c(=O)n(C3CCOC3C3CC3)c12. The summed E-state index contributed by atoms with van der Waals surface area (Å²) in [6.07, 6.45) is 3.04. The van der Waals surface area contributed by atoms with Crippen LogP contribution >= 0.6 is 0 Å². The number of hydrogen-bond donors (Lipinski definition) is 2. The predicted molar refractivity (Wildman–Crippen MR) is 75.6 cm³/mol. The molecule has 1 aliphatic heterocycles. The van der Waals surface area contributed by atoms with Crippen LogP contribution in [0.15, 0.2) is 23.0 Å². The van der Waals surface area contributed by atoms with Crippen LogP contribution in [-0.2, 0) is 4.74 Å². The molecule has 2 heterocycles. The number of nitrogens with zero attached hydrogens (tertiary/aromatic N) is 1. The molecule has 1 aromatic carbocycles. The summed E-state index contributed by atoms with van der Waals surface area (Å²) < 4.78 is 7.40. The van der Waals surface area contributed by atoms with Gasteiger partial charge in [-0.1, -0.05) is 6.07 Å². The maximum atomic E-state index is 12.3. The van der Waals surface area contributed by atoms with E-state index in [1.165, 1.54) is 6.07 Å². The maximum absolute atomic E-state index is 12.3. The molecule has 21 heavy (non-hydrogen) atoms. The molecule has 6 heteroatoms. The van der Waals surface area contributed by atoms with Crippen LogP contribution in [0.4, 0.5) is 0 Å². The molecule has 1 aliphatic carbocycles. The van der Waals surface area contributed by atoms with Gasteiger partial charge in [0, 0.05) is 6.61 Å². The molecular formula is C15H16N2O4. The highest BCUT2D eigenvalue weighted by Gasteiger charge is 2.42. The Bertz CT molecular complexity index is 772. The molecular weight excluding hydrogens is 272 g/mol. The van der Waals surface area contributed by atoms with E-state index in [0.717, 1.165) is 19.3 Å². The van der Waals surface area contributed by atoms with Gasteiger partial charge in [0.15, 0.2) is 0 Å². The summed E-state index contributed by atoms with van der Waals surface area (Å²) in [6.45, 7) is 0.625. The van der Waals surface area contributed by atoms with Crippen molar-refractivity contribution in [3.05, 3.63) is 34.2 Å². The Kier molecular flexibility index (Phi) is 2.68. The fourth-order valence-electron chi connectivity index (χ4n) is 3.42. The number of ether oxygens (including phenoxy) is 1. The minimum Gasteiger partial charge on any atom is -0.478 e. The van der Waals surface area contributed by atoms with E-state index in [0.29, 0.717) is 23.6 Å². The summed E-state index contributed by atoms with van der Waals surface area (Å²) in [5, 5.41) is 9.39. The number of H-pyrrole nitrogens is 1. The van der Waals surface area contributed by atoms with E-state index in [1.54, 1.807) is 16.7 Å². The van der Waals surface area contributed by atoms with Crippen molar-refractivity contribution in [3.8, 4) is 0 Å². The molecule has 1 saturated heterocycles. The van der Waals surface area contributed by atoms with Crippen LogP contribution in [0.25, 0.3) is 11.0 Å². The van der Waals surface area contributed by atoms with Gasteiger partial charge in [0.2, 0.25) is 0 Å². The van der Waals surface area contributed by atoms with Crippen LogP contribution < -0.4 is 5.69 Å². The molecule has 6 nitrogen and oxygen atoms in total. The number of hydrogen-bond acceptors (Lipinski definition) is 3. The molecule has 2 aromatic rings. The maximum Gasteiger partial charge on any atom is 0.337 e. The monoisotopic (exact) mass is 288 g/mol. The molecule has 1 saturated carbocycles. The van der Waals surface area contributed by atoms with Crippen molar-refractivity contribution in [2.24, 2.45) is 5.92 Å². The zero-order valence-corrected chi connectivity index (χ0v) is 11.4. The standard InChI is InChI=1S/C15H16N2O4/c18-14(19)9-2-1-3-10-12(9)17(15(20)16-10)11-6-7-21-13(11)8-4-5-8/h1-3,8,11,13H,4-7H2,(H,16,20)(H,18,19). The quantitative estimate of drug-likeness (QED) is 0.901. The van der Waals surface area contributed by atoms with Crippen molar-refractivity contribution >= 4 is 17.0 Å². The Morgan fingerprint density at radius 2 is 2.14 bits per heavy atom. The number of carboxylic acid groups (broad SMARTS) is 1. The first-order valence-electron chi connectivity index (χ1n) is 7.25. The highest BCUT2D eigenvalue weighted by atomic mass is 16.5. The number of aromatic nitrogens is 2. The topological polar surface area (TPSA) is 84.3 Å². The fourth-order valence-corrected chi connectivity index (χ4v) is 3.42. The van der Waals surface area contributed by atoms with Crippen molar-refractivity contribution in [1.29, 1.82) is 0 Å². The van der Waals surface area contributed by atoms with E-state index in [4.69, 9.17) is 4.74 Å². The van der Waals surface area contributed by atoms with E-state index >= 15 is 0 Å². The summed E-state index contributed by atoms with van der Waals surface area (Å²) in [6, 6.07) is 4.85. The van der Waals surface area contributed by atoms with Gasteiger partial charge in [-0.15, -0.1) is 0 Å². The smallest absolute Gasteiger partial charge is 0.337 e. The number of aromatic carboxylic acids is 1. The second-order valence-electron chi connectivity index (χ2n) is 5.84. The molecule has 0 bridgehead atoms. The summed E-state index contributed by atoms with van der Waals surface area (Å²) >= 11 is 0. The molecule has 1 aromatic heterocycles. The van der Waals surface area contributed by atoms with Crippen LogP contribution in [0.3, 0.4) is 0 Å². The molecule has 2 unspecified atom stereocenters. The van der Waals surface area contributed by atoms with Crippen molar-refractivity contribution in [2.45, 2.75) is 31.4 Å². The lowest BCUT2D eigenvalue weighted by molar-refractivity contribution is 0.0694. The number of benzene rings is 1. The van der Waals surface area contributed by atoms with Crippen molar-refractivity contribution < 1.29 is 14.6 Å². The summed E-state index contributed by atoms with van der Waals surface area (Å²) in [5.74, 6) is -0.512. The molecule has 2 N–H and O–H groups in total. The molecule has 0 radical (unpaired) electrons. The number of nitrogens with one attached hydrogen (secondary N) is 1. The van der Waals surface area contributed by atoms with Crippen LogP contribution in [0.1, 0.15) is 35.7 Å². The number of fused-ring (bicyclic) bond motifs is 1. The van der Waals surface area contributed by atoms with Gasteiger partial charge in [0.05, 0.1) is 28.7 Å². The number of imidazole rings is 1. The molecule has 2 fully saturated rings. The van der Waals surface area contributed by atoms with Crippen LogP contribution in [0, 0.1) is 5.92 Å². The molecule has 4 rings (SSSR count). The highest BCUT2D eigenvalue weighted by molar-refractivity contribution is 6.01. The lowest BCUT2D eigenvalue weighted by Crippen LogP contribution is -2.29. The van der Waals surface area contributed by atoms with E-state index in [-0.39, 0.29) is 23.4 Å². The number of para-hydroxylation sites is 1. The number of rotatable bonds is 3. The van der Waals surface area contributed by atoms with Gasteiger partial charge in [-0.3, -0.25) is 4.57 Å². The van der Waals surface area contributed by atoms with Gasteiger partial charge in [0.1, 0.15) is 0 Å². The molecule has 0 spiro atoms. The first-order chi connectivity index (χ1) is 10.2. The lowest BCUT2D eigenvalue weighted by atomic mass is 10.1. The summed E-state index contributed by atoms with van der Waals surface area (Å²) in [7, 11) is 0. The Balaban J connectivity index is 1.93. The van der Waals surface area contributed by atoms with Gasteiger partial charge >= 0.3 is 11.7 Å². The minimum absolute atomic E-state index is 0.0311. The normalized spacial score (nSPS) is 25.5. The zero-order chi connectivity index (χ0) is 14.6. The third-order valence-corrected chi connectivity index (χ3v) is 4.49. The first-order valence-corrected chi connectivity index (χ1v) is 7.25. The molecule has 110 valence electrons. The van der Waals surface area contributed by atoms with E-state index in [2.05, 4.69) is 4.98 Å². The number of carboxylic acids is 1. The molecule has 2 atom stereocenters. The van der Waals surface area contributed by atoms with Crippen LogP contribution in [-0.4, -0.2) is 33.3 Å². The van der Waals surface area contributed by atoms with E-state index < -0.39 is 5.97 Å². The second-order valence-corrected chi connectivity index (χ2v) is 5.84. The van der Waals surface area contributed by atoms with Gasteiger partial charge < -0.3 is 14.8 Å². The van der Waals surface area contributed by atoms with Crippen molar-refractivity contribution in [2.75, 3.05) is 6.61 Å². The van der Waals surface area contributed by atoms with E-state index in [1.807, 2.05) is 0 Å². The van der Waals surface area contributed by atoms with Crippen molar-refractivity contribution in [1.82, 2.24) is 9.55 Å². The van der Waals surface area contributed by atoms with Crippen LogP contribution in [0.5, 0.6) is 0 Å². The lowest BCUT2D eigenvalue weighted by Gasteiger charge is -2.20. The van der Waals surface area contributed by atoms with Gasteiger partial charge in [0.25, 0.3) is 0 Å². The minimum atomic E-state index is -1.02. The number of aromatic amines is 1. The van der Waals surface area contributed by atoms with Crippen molar-refractivity contribution in [3.63, 3.8) is 0 Å².